The van der Waals surface area contributed by atoms with E-state index in [1.54, 1.807) is 19.1 Å². The van der Waals surface area contributed by atoms with Crippen molar-refractivity contribution >= 4 is 27.3 Å². The number of nitrogens with zero attached hydrogens (tertiary/aromatic N) is 1. The lowest BCUT2D eigenvalue weighted by molar-refractivity contribution is -0.137. The molecule has 0 fully saturated rings. The van der Waals surface area contributed by atoms with Crippen LogP contribution in [0, 0.1) is 13.8 Å². The van der Waals surface area contributed by atoms with Crippen LogP contribution < -0.4 is 9.62 Å². The molecule has 0 radical (unpaired) electrons. The van der Waals surface area contributed by atoms with Crippen molar-refractivity contribution in [3.63, 3.8) is 0 Å². The van der Waals surface area contributed by atoms with Gasteiger partial charge < -0.3 is 5.32 Å². The largest absolute Gasteiger partial charge is 0.416 e. The first-order chi connectivity index (χ1) is 12.8. The predicted octanol–water partition coefficient (Wildman–Crippen LogP) is 4.12. The quantitative estimate of drug-likeness (QED) is 0.801. The molecule has 28 heavy (non-hydrogen) atoms. The van der Waals surface area contributed by atoms with Crippen LogP contribution in [0.1, 0.15) is 23.6 Å². The molecule has 0 saturated heterocycles. The van der Waals surface area contributed by atoms with Gasteiger partial charge in [0.2, 0.25) is 15.9 Å². The van der Waals surface area contributed by atoms with Crippen LogP contribution in [-0.4, -0.2) is 26.6 Å². The van der Waals surface area contributed by atoms with E-state index in [0.29, 0.717) is 16.1 Å². The molecule has 0 aromatic heterocycles. The number of aryl methyl sites for hydroxylation is 2. The first kappa shape index (κ1) is 21.7. The maximum atomic E-state index is 13.0. The first-order valence-electron chi connectivity index (χ1n) is 8.35. The van der Waals surface area contributed by atoms with Gasteiger partial charge >= 0.3 is 6.18 Å². The van der Waals surface area contributed by atoms with Crippen molar-refractivity contribution < 1.29 is 26.4 Å². The topological polar surface area (TPSA) is 66.5 Å². The van der Waals surface area contributed by atoms with Crippen molar-refractivity contribution in [2.75, 3.05) is 15.9 Å². The summed E-state index contributed by atoms with van der Waals surface area (Å²) in [7, 11) is -4.03. The Morgan fingerprint density at radius 1 is 1.11 bits per heavy atom. The highest BCUT2D eigenvalue weighted by Gasteiger charge is 2.34. The highest BCUT2D eigenvalue weighted by Crippen LogP contribution is 2.33. The summed E-state index contributed by atoms with van der Waals surface area (Å²) >= 11 is 0. The Morgan fingerprint density at radius 2 is 1.75 bits per heavy atom. The number of hydrogen-bond donors (Lipinski definition) is 1. The molecular weight excluding hydrogens is 393 g/mol. The van der Waals surface area contributed by atoms with Gasteiger partial charge in [-0.2, -0.15) is 13.2 Å². The van der Waals surface area contributed by atoms with Crippen molar-refractivity contribution in [1.82, 2.24) is 0 Å². The van der Waals surface area contributed by atoms with E-state index in [2.05, 4.69) is 5.32 Å². The molecule has 0 spiro atoms. The molecule has 0 unspecified atom stereocenters. The molecule has 2 aromatic rings. The minimum atomic E-state index is -4.64. The molecule has 0 saturated carbocycles. The summed E-state index contributed by atoms with van der Waals surface area (Å²) in [5, 5.41) is 2.65. The third kappa shape index (κ3) is 5.03. The van der Waals surface area contributed by atoms with E-state index < -0.39 is 33.7 Å². The van der Waals surface area contributed by atoms with Crippen LogP contribution in [0.4, 0.5) is 24.5 Å². The Morgan fingerprint density at radius 3 is 2.32 bits per heavy atom. The minimum absolute atomic E-state index is 0.235. The zero-order valence-electron chi connectivity index (χ0n) is 15.8. The van der Waals surface area contributed by atoms with Gasteiger partial charge in [0, 0.05) is 5.69 Å². The fraction of sp³-hybridized carbons (Fsp3) is 0.316. The van der Waals surface area contributed by atoms with Crippen LogP contribution in [0.25, 0.3) is 0 Å². The van der Waals surface area contributed by atoms with Gasteiger partial charge in [-0.25, -0.2) is 8.42 Å². The number of rotatable bonds is 5. The number of hydrogen-bond acceptors (Lipinski definition) is 3. The van der Waals surface area contributed by atoms with Crippen LogP contribution >= 0.6 is 0 Å². The second kappa shape index (κ2) is 7.83. The predicted molar refractivity (Wildman–Crippen MR) is 103 cm³/mol. The molecule has 0 aliphatic heterocycles. The van der Waals surface area contributed by atoms with E-state index in [0.717, 1.165) is 29.5 Å². The van der Waals surface area contributed by atoms with E-state index in [1.807, 2.05) is 13.0 Å². The molecule has 0 aliphatic rings. The molecule has 1 atom stereocenters. The lowest BCUT2D eigenvalue weighted by Crippen LogP contribution is -2.45. The molecular formula is C19H21F3N2O3S. The smallest absolute Gasteiger partial charge is 0.324 e. The van der Waals surface area contributed by atoms with Crippen LogP contribution in [0.2, 0.25) is 0 Å². The Balaban J connectivity index is 2.41. The molecule has 0 bridgehead atoms. The second-order valence-electron chi connectivity index (χ2n) is 6.59. The fourth-order valence-corrected chi connectivity index (χ4v) is 3.90. The van der Waals surface area contributed by atoms with E-state index >= 15 is 0 Å². The van der Waals surface area contributed by atoms with Gasteiger partial charge in [0.25, 0.3) is 0 Å². The molecule has 2 aromatic carbocycles. The number of nitrogens with one attached hydrogen (secondary N) is 1. The van der Waals surface area contributed by atoms with Crippen LogP contribution in [0.3, 0.4) is 0 Å². The number of benzene rings is 2. The molecule has 1 N–H and O–H groups in total. The van der Waals surface area contributed by atoms with Gasteiger partial charge in [0.05, 0.1) is 17.5 Å². The van der Waals surface area contributed by atoms with Crippen LogP contribution in [0.15, 0.2) is 42.5 Å². The SMILES string of the molecule is Cc1ccc(C)c(NC(=O)[C@H](C)N(c2cccc(C(F)(F)F)c2)S(C)(=O)=O)c1. The monoisotopic (exact) mass is 414 g/mol. The van der Waals surface area contributed by atoms with Crippen molar-refractivity contribution in [1.29, 1.82) is 0 Å². The first-order valence-corrected chi connectivity index (χ1v) is 10.2. The number of carbonyl (C=O) groups excluding carboxylic acids is 1. The van der Waals surface area contributed by atoms with Gasteiger partial charge in [-0.3, -0.25) is 9.10 Å². The zero-order valence-corrected chi connectivity index (χ0v) is 16.6. The normalized spacial score (nSPS) is 13.1. The third-order valence-corrected chi connectivity index (χ3v) is 5.41. The molecule has 9 heteroatoms. The highest BCUT2D eigenvalue weighted by molar-refractivity contribution is 7.92. The highest BCUT2D eigenvalue weighted by atomic mass is 32.2. The third-order valence-electron chi connectivity index (χ3n) is 4.17. The van der Waals surface area contributed by atoms with Crippen molar-refractivity contribution in [3.8, 4) is 0 Å². The summed E-state index contributed by atoms with van der Waals surface area (Å²) in [6, 6.07) is 8.00. The minimum Gasteiger partial charge on any atom is -0.324 e. The average molecular weight is 414 g/mol. The molecule has 152 valence electrons. The van der Waals surface area contributed by atoms with Crippen molar-refractivity contribution in [3.05, 3.63) is 59.2 Å². The van der Waals surface area contributed by atoms with Crippen molar-refractivity contribution in [2.45, 2.75) is 33.0 Å². The Labute approximate surface area is 162 Å². The standard InChI is InChI=1S/C19H21F3N2O3S/c1-12-8-9-13(2)17(10-12)23-18(25)14(3)24(28(4,26)27)16-7-5-6-15(11-16)19(20,21)22/h5-11,14H,1-4H3,(H,23,25)/t14-/m0/s1. The molecule has 0 heterocycles. The number of anilines is 2. The summed E-state index contributed by atoms with van der Waals surface area (Å²) in [6.07, 6.45) is -3.79. The number of alkyl halides is 3. The van der Waals surface area contributed by atoms with Gasteiger partial charge in [-0.05, 0) is 56.2 Å². The number of carbonyl (C=O) groups is 1. The molecule has 2 rings (SSSR count). The molecule has 0 aliphatic carbocycles. The van der Waals surface area contributed by atoms with Crippen molar-refractivity contribution in [2.24, 2.45) is 0 Å². The summed E-state index contributed by atoms with van der Waals surface area (Å²) in [6.45, 7) is 4.94. The maximum absolute atomic E-state index is 13.0. The number of sulfonamides is 1. The van der Waals surface area contributed by atoms with E-state index in [-0.39, 0.29) is 5.69 Å². The van der Waals surface area contributed by atoms with Gasteiger partial charge in [-0.1, -0.05) is 18.2 Å². The van der Waals surface area contributed by atoms with Crippen LogP contribution in [-0.2, 0) is 21.0 Å². The van der Waals surface area contributed by atoms with E-state index in [4.69, 9.17) is 0 Å². The van der Waals surface area contributed by atoms with Gasteiger partial charge in [0.15, 0.2) is 0 Å². The summed E-state index contributed by atoms with van der Waals surface area (Å²) < 4.78 is 64.3. The second-order valence-corrected chi connectivity index (χ2v) is 8.45. The van der Waals surface area contributed by atoms with E-state index in [9.17, 15) is 26.4 Å². The number of halogens is 3. The Kier molecular flexibility index (Phi) is 6.08. The van der Waals surface area contributed by atoms with Gasteiger partial charge in [-0.15, -0.1) is 0 Å². The summed E-state index contributed by atoms with van der Waals surface area (Å²) in [5.41, 5.74) is 0.943. The molecule has 5 nitrogen and oxygen atoms in total. The Hall–Kier alpha value is -2.55. The molecule has 1 amide bonds. The lowest BCUT2D eigenvalue weighted by Gasteiger charge is -2.29. The van der Waals surface area contributed by atoms with E-state index in [1.165, 1.54) is 13.0 Å². The van der Waals surface area contributed by atoms with Gasteiger partial charge in [0.1, 0.15) is 6.04 Å². The number of amides is 1. The zero-order chi connectivity index (χ0) is 21.3. The average Bonchev–Trinajstić information content (AvgIpc) is 2.56. The summed E-state index contributed by atoms with van der Waals surface area (Å²) in [4.78, 5) is 12.7. The summed E-state index contributed by atoms with van der Waals surface area (Å²) in [5.74, 6) is -0.656. The lowest BCUT2D eigenvalue weighted by atomic mass is 10.1. The fourth-order valence-electron chi connectivity index (χ4n) is 2.74. The Bertz CT molecular complexity index is 988. The maximum Gasteiger partial charge on any atom is 0.416 e. The van der Waals surface area contributed by atoms with Crippen LogP contribution in [0.5, 0.6) is 0 Å².